The molecule has 0 aliphatic carbocycles. The van der Waals surface area contributed by atoms with Gasteiger partial charge in [-0.2, -0.15) is 0 Å². The molecule has 0 aliphatic heterocycles. The van der Waals surface area contributed by atoms with Crippen molar-refractivity contribution in [2.45, 2.75) is 44.6 Å². The van der Waals surface area contributed by atoms with E-state index >= 15 is 0 Å². The van der Waals surface area contributed by atoms with Crippen LogP contribution in [-0.2, 0) is 5.75 Å². The number of hydrogen-bond acceptors (Lipinski definition) is 4. The van der Waals surface area contributed by atoms with Crippen molar-refractivity contribution in [1.29, 1.82) is 0 Å². The van der Waals surface area contributed by atoms with E-state index in [4.69, 9.17) is 0 Å². The van der Waals surface area contributed by atoms with Gasteiger partial charge in [-0.05, 0) is 39.3 Å². The fourth-order valence-electron chi connectivity index (χ4n) is 2.43. The van der Waals surface area contributed by atoms with Crippen LogP contribution in [0.2, 0.25) is 0 Å². The van der Waals surface area contributed by atoms with Crippen molar-refractivity contribution >= 4 is 23.1 Å². The third kappa shape index (κ3) is 3.67. The Kier molecular flexibility index (Phi) is 4.87. The summed E-state index contributed by atoms with van der Waals surface area (Å²) in [6.45, 7) is 8.60. The second-order valence-electron chi connectivity index (χ2n) is 5.99. The van der Waals surface area contributed by atoms with Crippen LogP contribution in [0.5, 0.6) is 0 Å². The molecule has 2 heterocycles. The van der Waals surface area contributed by atoms with E-state index in [0.717, 1.165) is 22.3 Å². The quantitative estimate of drug-likeness (QED) is 0.573. The maximum absolute atomic E-state index is 4.45. The molecule has 5 heteroatoms. The van der Waals surface area contributed by atoms with E-state index in [0.29, 0.717) is 6.04 Å². The lowest BCUT2D eigenvalue weighted by Crippen LogP contribution is -2.04. The van der Waals surface area contributed by atoms with Crippen molar-refractivity contribution in [3.05, 3.63) is 51.7 Å². The predicted octanol–water partition coefficient (Wildman–Crippen LogP) is 5.50. The normalized spacial score (nSPS) is 11.3. The highest BCUT2D eigenvalue weighted by Gasteiger charge is 2.17. The van der Waals surface area contributed by atoms with Crippen LogP contribution in [-0.4, -0.2) is 14.8 Å². The van der Waals surface area contributed by atoms with Gasteiger partial charge < -0.3 is 0 Å². The maximum atomic E-state index is 4.45. The Morgan fingerprint density at radius 3 is 2.48 bits per heavy atom. The highest BCUT2D eigenvalue weighted by molar-refractivity contribution is 7.98. The number of hydrogen-bond donors (Lipinski definition) is 0. The Bertz CT molecular complexity index is 785. The number of nitrogens with zero attached hydrogens (tertiary/aromatic N) is 3. The Labute approximate surface area is 145 Å². The highest BCUT2D eigenvalue weighted by atomic mass is 32.2. The van der Waals surface area contributed by atoms with E-state index in [2.05, 4.69) is 78.2 Å². The van der Waals surface area contributed by atoms with Gasteiger partial charge in [-0.15, -0.1) is 21.5 Å². The molecule has 0 aliphatic rings. The monoisotopic (exact) mass is 343 g/mol. The molecule has 0 atom stereocenters. The average Bonchev–Trinajstić information content (AvgIpc) is 3.12. The smallest absolute Gasteiger partial charge is 0.192 e. The Balaban J connectivity index is 1.84. The zero-order valence-corrected chi connectivity index (χ0v) is 15.5. The van der Waals surface area contributed by atoms with Gasteiger partial charge in [-0.25, -0.2) is 0 Å². The average molecular weight is 344 g/mol. The van der Waals surface area contributed by atoms with Crippen molar-refractivity contribution in [3.63, 3.8) is 0 Å². The summed E-state index contributed by atoms with van der Waals surface area (Å²) in [6, 6.07) is 11.2. The van der Waals surface area contributed by atoms with Gasteiger partial charge in [0, 0.05) is 27.6 Å². The molecule has 1 aromatic carbocycles. The fraction of sp³-hybridized carbons (Fsp3) is 0.333. The Hall–Kier alpha value is -1.59. The van der Waals surface area contributed by atoms with E-state index in [9.17, 15) is 0 Å². The number of benzene rings is 1. The van der Waals surface area contributed by atoms with Crippen molar-refractivity contribution in [3.8, 4) is 11.4 Å². The molecule has 3 rings (SSSR count). The lowest BCUT2D eigenvalue weighted by molar-refractivity contribution is 0.555. The molecule has 120 valence electrons. The lowest BCUT2D eigenvalue weighted by Gasteiger charge is -2.13. The van der Waals surface area contributed by atoms with Crippen molar-refractivity contribution < 1.29 is 0 Å². The number of thiophene rings is 1. The topological polar surface area (TPSA) is 30.7 Å². The minimum absolute atomic E-state index is 0.334. The molecule has 0 radical (unpaired) electrons. The van der Waals surface area contributed by atoms with E-state index in [1.165, 1.54) is 16.0 Å². The summed E-state index contributed by atoms with van der Waals surface area (Å²) in [4.78, 5) is 1.30. The van der Waals surface area contributed by atoms with Crippen LogP contribution in [0.3, 0.4) is 0 Å². The molecule has 3 nitrogen and oxygen atoms in total. The summed E-state index contributed by atoms with van der Waals surface area (Å²) in [6.07, 6.45) is 0. The van der Waals surface area contributed by atoms with Crippen LogP contribution in [0.25, 0.3) is 11.4 Å². The van der Waals surface area contributed by atoms with Crippen LogP contribution in [0, 0.1) is 13.8 Å². The molecule has 2 aromatic heterocycles. The fourth-order valence-corrected chi connectivity index (χ4v) is 4.14. The zero-order valence-electron chi connectivity index (χ0n) is 13.9. The second kappa shape index (κ2) is 6.89. The van der Waals surface area contributed by atoms with Crippen LogP contribution in [0.4, 0.5) is 0 Å². The summed E-state index contributed by atoms with van der Waals surface area (Å²) in [5.74, 6) is 1.88. The summed E-state index contributed by atoms with van der Waals surface area (Å²) in [5.41, 5.74) is 3.77. The highest BCUT2D eigenvalue weighted by Crippen LogP contribution is 2.31. The molecule has 0 N–H and O–H groups in total. The van der Waals surface area contributed by atoms with Gasteiger partial charge in [0.05, 0.1) is 0 Å². The summed E-state index contributed by atoms with van der Waals surface area (Å²) in [7, 11) is 0. The van der Waals surface area contributed by atoms with Crippen LogP contribution in [0.15, 0.2) is 40.9 Å². The number of rotatable bonds is 5. The molecule has 0 bridgehead atoms. The van der Waals surface area contributed by atoms with E-state index < -0.39 is 0 Å². The van der Waals surface area contributed by atoms with Crippen LogP contribution >= 0.6 is 23.1 Å². The number of aryl methyl sites for hydroxylation is 2. The van der Waals surface area contributed by atoms with Gasteiger partial charge in [-0.3, -0.25) is 4.57 Å². The summed E-state index contributed by atoms with van der Waals surface area (Å²) < 4.78 is 2.24. The van der Waals surface area contributed by atoms with Gasteiger partial charge in [0.1, 0.15) is 0 Å². The first kappa shape index (κ1) is 16.3. The summed E-state index contributed by atoms with van der Waals surface area (Å²) >= 11 is 3.50. The molecule has 23 heavy (non-hydrogen) atoms. The van der Waals surface area contributed by atoms with Crippen molar-refractivity contribution in [2.24, 2.45) is 0 Å². The predicted molar refractivity (Wildman–Crippen MR) is 99.2 cm³/mol. The van der Waals surface area contributed by atoms with Crippen molar-refractivity contribution in [1.82, 2.24) is 14.8 Å². The van der Waals surface area contributed by atoms with Gasteiger partial charge in [0.2, 0.25) is 0 Å². The first-order chi connectivity index (χ1) is 11.0. The van der Waals surface area contributed by atoms with Crippen LogP contribution in [0.1, 0.15) is 35.9 Å². The SMILES string of the molecule is Cc1ccc(CSc2nnc(-c3csc(C)c3)n2C(C)C)cc1. The standard InChI is InChI=1S/C18H21N3S2/c1-12(2)21-17(16-9-14(4)22-11-16)19-20-18(21)23-10-15-7-5-13(3)6-8-15/h5-9,11-12H,10H2,1-4H3. The molecule has 0 fully saturated rings. The van der Waals surface area contributed by atoms with E-state index in [1.807, 2.05) is 0 Å². The van der Waals surface area contributed by atoms with E-state index in [-0.39, 0.29) is 0 Å². The molecule has 0 amide bonds. The van der Waals surface area contributed by atoms with Gasteiger partial charge in [-0.1, -0.05) is 41.6 Å². The number of aromatic nitrogens is 3. The lowest BCUT2D eigenvalue weighted by atomic mass is 10.2. The van der Waals surface area contributed by atoms with Crippen LogP contribution < -0.4 is 0 Å². The zero-order chi connectivity index (χ0) is 16.4. The second-order valence-corrected chi connectivity index (χ2v) is 8.05. The summed E-state index contributed by atoms with van der Waals surface area (Å²) in [5, 5.41) is 12.0. The molecule has 0 saturated heterocycles. The van der Waals surface area contributed by atoms with Gasteiger partial charge in [0.15, 0.2) is 11.0 Å². The molecule has 0 spiro atoms. The van der Waals surface area contributed by atoms with Gasteiger partial charge in [0.25, 0.3) is 0 Å². The first-order valence-electron chi connectivity index (χ1n) is 7.73. The molecule has 3 aromatic rings. The molecule has 0 saturated carbocycles. The third-order valence-electron chi connectivity index (χ3n) is 3.66. The van der Waals surface area contributed by atoms with E-state index in [1.54, 1.807) is 23.1 Å². The number of thioether (sulfide) groups is 1. The first-order valence-corrected chi connectivity index (χ1v) is 9.60. The third-order valence-corrected chi connectivity index (χ3v) is 5.53. The molecular weight excluding hydrogens is 322 g/mol. The van der Waals surface area contributed by atoms with Crippen molar-refractivity contribution in [2.75, 3.05) is 0 Å². The Morgan fingerprint density at radius 2 is 1.87 bits per heavy atom. The maximum Gasteiger partial charge on any atom is 0.192 e. The largest absolute Gasteiger partial charge is 0.299 e. The minimum atomic E-state index is 0.334. The Morgan fingerprint density at radius 1 is 1.13 bits per heavy atom. The molecule has 0 unspecified atom stereocenters. The molecular formula is C18H21N3S2. The minimum Gasteiger partial charge on any atom is -0.299 e. The van der Waals surface area contributed by atoms with Gasteiger partial charge >= 0.3 is 0 Å².